The lowest BCUT2D eigenvalue weighted by atomic mass is 9.96. The smallest absolute Gasteiger partial charge is 0.170 e. The zero-order valence-electron chi connectivity index (χ0n) is 16.6. The van der Waals surface area contributed by atoms with Crippen molar-refractivity contribution in [3.05, 3.63) is 77.5 Å². The Labute approximate surface area is 171 Å². The van der Waals surface area contributed by atoms with Crippen LogP contribution in [-0.2, 0) is 0 Å². The average molecular weight is 392 g/mol. The van der Waals surface area contributed by atoms with Crippen molar-refractivity contribution >= 4 is 17.3 Å². The van der Waals surface area contributed by atoms with Crippen LogP contribution < -0.4 is 5.32 Å². The van der Waals surface area contributed by atoms with Crippen molar-refractivity contribution < 1.29 is 0 Å². The van der Waals surface area contributed by atoms with E-state index in [0.717, 1.165) is 22.3 Å². The highest BCUT2D eigenvalue weighted by Gasteiger charge is 2.42. The molecule has 1 N–H and O–H groups in total. The molecule has 0 aromatic carbocycles. The molecule has 0 radical (unpaired) electrons. The van der Waals surface area contributed by atoms with Crippen LogP contribution >= 0.6 is 12.2 Å². The van der Waals surface area contributed by atoms with Crippen LogP contribution in [0.1, 0.15) is 48.6 Å². The summed E-state index contributed by atoms with van der Waals surface area (Å²) in [7, 11) is 0. The van der Waals surface area contributed by atoms with Crippen LogP contribution in [0.4, 0.5) is 0 Å². The second kappa shape index (κ2) is 7.36. The molecule has 1 fully saturated rings. The minimum Gasteiger partial charge on any atom is -0.352 e. The van der Waals surface area contributed by atoms with Gasteiger partial charge in [0.1, 0.15) is 5.82 Å². The van der Waals surface area contributed by atoms with E-state index >= 15 is 0 Å². The Bertz CT molecular complexity index is 981. The lowest BCUT2D eigenvalue weighted by Crippen LogP contribution is -2.35. The maximum absolute atomic E-state index is 5.72. The van der Waals surface area contributed by atoms with Gasteiger partial charge in [0.05, 0.1) is 17.8 Å². The zero-order chi connectivity index (χ0) is 19.8. The SMILES string of the molecule is Cc1cc([C@H]2[C@@H](c3ccccn3)NC(=S)N2C(C)C)c(C)n1-c1ccccn1. The van der Waals surface area contributed by atoms with Crippen molar-refractivity contribution in [2.24, 2.45) is 0 Å². The Hall–Kier alpha value is -2.73. The van der Waals surface area contributed by atoms with E-state index in [0.29, 0.717) is 0 Å². The molecule has 3 aromatic heterocycles. The summed E-state index contributed by atoms with van der Waals surface area (Å²) in [5.74, 6) is 0.933. The summed E-state index contributed by atoms with van der Waals surface area (Å²) < 4.78 is 2.21. The van der Waals surface area contributed by atoms with Gasteiger partial charge in [0.15, 0.2) is 5.11 Å². The number of pyridine rings is 2. The molecule has 2 atom stereocenters. The highest BCUT2D eigenvalue weighted by molar-refractivity contribution is 7.80. The summed E-state index contributed by atoms with van der Waals surface area (Å²) in [6.07, 6.45) is 3.67. The molecule has 144 valence electrons. The molecule has 6 heteroatoms. The molecule has 1 aliphatic rings. The number of rotatable bonds is 4. The summed E-state index contributed by atoms with van der Waals surface area (Å²) in [5, 5.41) is 4.29. The van der Waals surface area contributed by atoms with Gasteiger partial charge in [-0.25, -0.2) is 4.98 Å². The number of nitrogens with one attached hydrogen (secondary N) is 1. The number of aromatic nitrogens is 3. The fraction of sp³-hybridized carbons (Fsp3) is 0.318. The first kappa shape index (κ1) is 18.6. The lowest BCUT2D eigenvalue weighted by Gasteiger charge is -2.31. The van der Waals surface area contributed by atoms with Crippen molar-refractivity contribution in [1.82, 2.24) is 24.8 Å². The lowest BCUT2D eigenvalue weighted by molar-refractivity contribution is 0.269. The van der Waals surface area contributed by atoms with Gasteiger partial charge in [0.25, 0.3) is 0 Å². The van der Waals surface area contributed by atoms with Crippen LogP contribution in [0.3, 0.4) is 0 Å². The fourth-order valence-corrected chi connectivity index (χ4v) is 4.63. The third-order valence-electron chi connectivity index (χ3n) is 5.36. The number of aryl methyl sites for hydroxylation is 1. The second-order valence-electron chi connectivity index (χ2n) is 7.48. The van der Waals surface area contributed by atoms with Gasteiger partial charge in [-0.1, -0.05) is 12.1 Å². The molecular weight excluding hydrogens is 366 g/mol. The molecule has 0 unspecified atom stereocenters. The molecule has 0 spiro atoms. The van der Waals surface area contributed by atoms with Crippen LogP contribution in [0, 0.1) is 13.8 Å². The van der Waals surface area contributed by atoms with E-state index in [9.17, 15) is 0 Å². The first-order valence-electron chi connectivity index (χ1n) is 9.59. The van der Waals surface area contributed by atoms with Gasteiger partial charge in [-0.05, 0) is 75.8 Å². The van der Waals surface area contributed by atoms with Crippen molar-refractivity contribution in [3.63, 3.8) is 0 Å². The highest BCUT2D eigenvalue weighted by Crippen LogP contribution is 2.42. The zero-order valence-corrected chi connectivity index (χ0v) is 17.4. The normalized spacial score (nSPS) is 19.3. The molecule has 4 rings (SSSR count). The number of hydrogen-bond acceptors (Lipinski definition) is 3. The van der Waals surface area contributed by atoms with Gasteiger partial charge in [0.2, 0.25) is 0 Å². The van der Waals surface area contributed by atoms with E-state index in [-0.39, 0.29) is 18.1 Å². The fourth-order valence-electron chi connectivity index (χ4n) is 4.18. The summed E-state index contributed by atoms with van der Waals surface area (Å²) in [6, 6.07) is 14.6. The summed E-state index contributed by atoms with van der Waals surface area (Å²) >= 11 is 5.72. The van der Waals surface area contributed by atoms with Gasteiger partial charge in [-0.2, -0.15) is 0 Å². The van der Waals surface area contributed by atoms with E-state index in [1.54, 1.807) is 0 Å². The number of nitrogens with zero attached hydrogens (tertiary/aromatic N) is 4. The topological polar surface area (TPSA) is 46.0 Å². The van der Waals surface area contributed by atoms with Gasteiger partial charge < -0.3 is 14.8 Å². The molecule has 0 bridgehead atoms. The summed E-state index contributed by atoms with van der Waals surface area (Å²) in [6.45, 7) is 8.65. The average Bonchev–Trinajstić information content (AvgIpc) is 3.19. The Morgan fingerprint density at radius 3 is 2.36 bits per heavy atom. The quantitative estimate of drug-likeness (QED) is 0.673. The standard InChI is InChI=1S/C22H25N5S/c1-14(2)26-21(20(25-22(26)28)18-9-5-7-11-23-18)17-13-15(3)27(16(17)4)19-10-6-8-12-24-19/h5-14,20-21H,1-4H3,(H,25,28)/t20-,21+/m1/s1. The molecule has 28 heavy (non-hydrogen) atoms. The Morgan fingerprint density at radius 1 is 1.04 bits per heavy atom. The third kappa shape index (κ3) is 3.07. The van der Waals surface area contributed by atoms with Gasteiger partial charge in [-0.3, -0.25) is 4.98 Å². The molecular formula is C22H25N5S. The molecule has 0 aliphatic carbocycles. The Kier molecular flexibility index (Phi) is 4.89. The third-order valence-corrected chi connectivity index (χ3v) is 5.69. The minimum absolute atomic E-state index is 0.00813. The number of thiocarbonyl (C=S) groups is 1. The largest absolute Gasteiger partial charge is 0.352 e. The van der Waals surface area contributed by atoms with Crippen LogP contribution in [0.25, 0.3) is 5.82 Å². The second-order valence-corrected chi connectivity index (χ2v) is 7.86. The minimum atomic E-state index is 0.00813. The first-order valence-corrected chi connectivity index (χ1v) is 10.00. The van der Waals surface area contributed by atoms with Gasteiger partial charge >= 0.3 is 0 Å². The first-order chi connectivity index (χ1) is 13.5. The monoisotopic (exact) mass is 391 g/mol. The number of hydrogen-bond donors (Lipinski definition) is 1. The summed E-state index contributed by atoms with van der Waals surface area (Å²) in [4.78, 5) is 11.5. The van der Waals surface area contributed by atoms with E-state index in [1.807, 2.05) is 42.7 Å². The van der Waals surface area contributed by atoms with Crippen LogP contribution in [0.2, 0.25) is 0 Å². The highest BCUT2D eigenvalue weighted by atomic mass is 32.1. The van der Waals surface area contributed by atoms with Crippen molar-refractivity contribution in [3.8, 4) is 5.82 Å². The molecule has 5 nitrogen and oxygen atoms in total. The maximum Gasteiger partial charge on any atom is 0.170 e. The Morgan fingerprint density at radius 2 is 1.75 bits per heavy atom. The molecule has 1 aliphatic heterocycles. The van der Waals surface area contributed by atoms with Crippen molar-refractivity contribution in [1.29, 1.82) is 0 Å². The molecule has 4 heterocycles. The van der Waals surface area contributed by atoms with E-state index in [4.69, 9.17) is 12.2 Å². The van der Waals surface area contributed by atoms with E-state index < -0.39 is 0 Å². The predicted octanol–water partition coefficient (Wildman–Crippen LogP) is 4.27. The van der Waals surface area contributed by atoms with Crippen LogP contribution in [0.15, 0.2) is 54.9 Å². The maximum atomic E-state index is 5.72. The molecule has 0 saturated carbocycles. The van der Waals surface area contributed by atoms with Gasteiger partial charge in [-0.15, -0.1) is 0 Å². The Balaban J connectivity index is 1.86. The molecule has 3 aromatic rings. The molecule has 0 amide bonds. The van der Waals surface area contributed by atoms with E-state index in [1.165, 1.54) is 11.3 Å². The van der Waals surface area contributed by atoms with Crippen LogP contribution in [0.5, 0.6) is 0 Å². The van der Waals surface area contributed by atoms with Crippen LogP contribution in [-0.4, -0.2) is 30.6 Å². The molecule has 1 saturated heterocycles. The van der Waals surface area contributed by atoms with Crippen molar-refractivity contribution in [2.75, 3.05) is 0 Å². The van der Waals surface area contributed by atoms with Gasteiger partial charge in [0, 0.05) is 29.8 Å². The summed E-state index contributed by atoms with van der Waals surface area (Å²) in [5.41, 5.74) is 4.59. The predicted molar refractivity (Wildman–Crippen MR) is 115 cm³/mol. The van der Waals surface area contributed by atoms with Crippen molar-refractivity contribution in [2.45, 2.75) is 45.8 Å². The van der Waals surface area contributed by atoms with E-state index in [2.05, 4.69) is 64.6 Å².